The Bertz CT molecular complexity index is 4980. The van der Waals surface area contributed by atoms with Crippen LogP contribution in [0.4, 0.5) is 98.7 Å². The molecule has 0 spiro atoms. The van der Waals surface area contributed by atoms with Crippen LogP contribution in [0.5, 0.6) is 23.0 Å². The summed E-state index contributed by atoms with van der Waals surface area (Å²) in [6.07, 6.45) is 0. The average molecular weight is 1350 g/mol. The Balaban J connectivity index is 0.000000153. The molecule has 2 aromatic heterocycles. The van der Waals surface area contributed by atoms with E-state index in [2.05, 4.69) is 31.2 Å². The van der Waals surface area contributed by atoms with Gasteiger partial charge in [-0.1, -0.05) is 64.5 Å². The number of anilines is 5. The lowest BCUT2D eigenvalue weighted by atomic mass is 9.84. The fourth-order valence-corrected chi connectivity index (χ4v) is 12.5. The van der Waals surface area contributed by atoms with Crippen LogP contribution in [0.15, 0.2) is 102 Å². The summed E-state index contributed by atoms with van der Waals surface area (Å²) in [6, 6.07) is 29.9. The number of nitrogens with zero attached hydrogens (tertiary/aromatic N) is 3. The smallest absolute Gasteiger partial charge is 0.199 e. The lowest BCUT2D eigenvalue weighted by Gasteiger charge is -2.36. The molecule has 0 saturated carbocycles. The number of benzene rings is 10. The molecule has 6 nitrogen and oxygen atoms in total. The molecule has 0 unspecified atom stereocenters. The molecule has 0 bridgehead atoms. The molecule has 10 aromatic carbocycles. The fourth-order valence-electron chi connectivity index (χ4n) is 12.0. The number of hydrogen-bond donors (Lipinski definition) is 1. The standard InChI is InChI=1S/C35H20F8N2O.C23H12BrF8N.C12H9NO/c1-13-14(2)21(16(4)35(15(13)3)45-17-9-5-7-11-19(17)46-20-12-8-6-10-18(20)45)22-23-25(36)27(38)29(40)31(42)33(23)44-34-24(22)26(37)28(39)30(41)32(34)43;1-5-6(2)9(8(4)13(24)7(5)3)10-11-14(25)16(27)18(29)20(31)22(11)33-23-12(10)15(26)17(28)19(30)21(23)32;1-3-7-11-9(5-1)13-10-6-2-4-8-12(10)14-11/h5-12H,1-4H3;1-4H3;1-8,13H. The van der Waals surface area contributed by atoms with Gasteiger partial charge >= 0.3 is 0 Å². The maximum absolute atomic E-state index is 15.8. The minimum atomic E-state index is -2.26. The van der Waals surface area contributed by atoms with E-state index in [-0.39, 0.29) is 16.7 Å². The summed E-state index contributed by atoms with van der Waals surface area (Å²) < 4.78 is 249. The normalized spacial score (nSPS) is 12.2. The molecule has 4 heterocycles. The lowest BCUT2D eigenvalue weighted by Crippen LogP contribution is -2.19. The van der Waals surface area contributed by atoms with Crippen LogP contribution >= 0.6 is 15.9 Å². The highest BCUT2D eigenvalue weighted by molar-refractivity contribution is 9.10. The van der Waals surface area contributed by atoms with Crippen LogP contribution in [0.2, 0.25) is 0 Å². The topological polar surface area (TPSA) is 59.5 Å². The lowest BCUT2D eigenvalue weighted by molar-refractivity contribution is 0.414. The molecule has 0 amide bonds. The maximum atomic E-state index is 15.8. The zero-order chi connectivity index (χ0) is 67.0. The molecule has 12 aromatic rings. The van der Waals surface area contributed by atoms with Crippen LogP contribution in [0.1, 0.15) is 44.5 Å². The van der Waals surface area contributed by atoms with E-state index in [0.29, 0.717) is 66.4 Å². The molecule has 0 radical (unpaired) electrons. The Morgan fingerprint density at radius 3 is 0.957 bits per heavy atom. The summed E-state index contributed by atoms with van der Waals surface area (Å²) in [5.74, 6) is -31.1. The number of halogens is 17. The number of rotatable bonds is 3. The molecule has 1 N–H and O–H groups in total. The predicted octanol–water partition coefficient (Wildman–Crippen LogP) is 22.7. The van der Waals surface area contributed by atoms with Gasteiger partial charge in [0.15, 0.2) is 116 Å². The van der Waals surface area contributed by atoms with E-state index in [4.69, 9.17) is 9.47 Å². The Morgan fingerprint density at radius 1 is 0.301 bits per heavy atom. The van der Waals surface area contributed by atoms with Crippen molar-refractivity contribution in [2.75, 3.05) is 10.2 Å². The summed E-state index contributed by atoms with van der Waals surface area (Å²) in [4.78, 5) is 8.67. The third kappa shape index (κ3) is 9.61. The Kier molecular flexibility index (Phi) is 15.9. The van der Waals surface area contributed by atoms with Crippen molar-refractivity contribution in [1.29, 1.82) is 0 Å². The molecular weight excluding hydrogens is 1310 g/mol. The van der Waals surface area contributed by atoms with E-state index >= 15 is 26.3 Å². The van der Waals surface area contributed by atoms with Gasteiger partial charge < -0.3 is 19.7 Å². The number of hydrogen-bond acceptors (Lipinski definition) is 6. The van der Waals surface area contributed by atoms with Crippen LogP contribution in [-0.4, -0.2) is 9.97 Å². The molecule has 93 heavy (non-hydrogen) atoms. The molecule has 2 aliphatic heterocycles. The monoisotopic (exact) mass is 1350 g/mol. The van der Waals surface area contributed by atoms with Crippen molar-refractivity contribution >= 4 is 88.0 Å². The molecule has 14 rings (SSSR count). The Morgan fingerprint density at radius 2 is 0.591 bits per heavy atom. The number of aromatic nitrogens is 2. The van der Waals surface area contributed by atoms with Gasteiger partial charge in [0, 0.05) is 15.6 Å². The molecule has 0 atom stereocenters. The van der Waals surface area contributed by atoms with Crippen LogP contribution in [0, 0.1) is 148 Å². The summed E-state index contributed by atoms with van der Waals surface area (Å²) in [6.45, 7) is 13.0. The first kappa shape index (κ1) is 63.3. The van der Waals surface area contributed by atoms with Crippen LogP contribution in [-0.2, 0) is 0 Å². The van der Waals surface area contributed by atoms with E-state index in [0.717, 1.165) is 28.4 Å². The number of fused-ring (bicyclic) bond motifs is 8. The first-order valence-electron chi connectivity index (χ1n) is 27.9. The predicted molar refractivity (Wildman–Crippen MR) is 325 cm³/mol. The molecule has 0 saturated heterocycles. The number of ether oxygens (including phenoxy) is 2. The third-order valence-corrected chi connectivity index (χ3v) is 18.1. The van der Waals surface area contributed by atoms with Gasteiger partial charge in [0.2, 0.25) is 0 Å². The molecular formula is C70H41BrF16N4O2. The Hall–Kier alpha value is -9.90. The van der Waals surface area contributed by atoms with Gasteiger partial charge in [-0.05, 0) is 160 Å². The van der Waals surface area contributed by atoms with Crippen molar-refractivity contribution in [1.82, 2.24) is 9.97 Å². The van der Waals surface area contributed by atoms with Crippen molar-refractivity contribution in [3.8, 4) is 45.3 Å². The zero-order valence-electron chi connectivity index (χ0n) is 49.3. The average Bonchev–Trinajstić information content (AvgIpc) is 0.715. The highest BCUT2D eigenvalue weighted by atomic mass is 79.9. The second-order valence-electron chi connectivity index (χ2n) is 21.9. The van der Waals surface area contributed by atoms with Crippen molar-refractivity contribution < 1.29 is 79.7 Å². The fraction of sp³-hybridized carbons (Fsp3) is 0.114. The van der Waals surface area contributed by atoms with E-state index in [1.54, 1.807) is 90.1 Å². The highest BCUT2D eigenvalue weighted by Crippen LogP contribution is 2.56. The van der Waals surface area contributed by atoms with Gasteiger partial charge in [-0.25, -0.2) is 80.2 Å². The van der Waals surface area contributed by atoms with Crippen molar-refractivity contribution in [2.24, 2.45) is 0 Å². The minimum Gasteiger partial charge on any atom is -0.453 e. The van der Waals surface area contributed by atoms with Gasteiger partial charge in [0.05, 0.1) is 50.0 Å². The van der Waals surface area contributed by atoms with Crippen LogP contribution in [0.25, 0.3) is 65.9 Å². The van der Waals surface area contributed by atoms with E-state index < -0.39 is 148 Å². The number of para-hydroxylation sites is 8. The number of pyridine rings is 2. The van der Waals surface area contributed by atoms with Crippen LogP contribution in [0.3, 0.4) is 0 Å². The van der Waals surface area contributed by atoms with Gasteiger partial charge in [0.1, 0.15) is 22.1 Å². The van der Waals surface area contributed by atoms with E-state index in [1.165, 1.54) is 13.8 Å². The maximum Gasteiger partial charge on any atom is 0.199 e. The van der Waals surface area contributed by atoms with Crippen molar-refractivity contribution in [2.45, 2.75) is 55.4 Å². The molecule has 23 heteroatoms. The summed E-state index contributed by atoms with van der Waals surface area (Å²) in [5.41, 5.74) is 1.03. The van der Waals surface area contributed by atoms with Crippen molar-refractivity contribution in [3.63, 3.8) is 0 Å². The van der Waals surface area contributed by atoms with Crippen LogP contribution < -0.4 is 19.7 Å². The number of nitrogens with one attached hydrogen (secondary N) is 1. The third-order valence-electron chi connectivity index (χ3n) is 17.0. The summed E-state index contributed by atoms with van der Waals surface area (Å²) >= 11 is 3.34. The van der Waals surface area contributed by atoms with Gasteiger partial charge in [-0.2, -0.15) is 0 Å². The molecule has 2 aliphatic rings. The molecule has 0 aliphatic carbocycles. The second-order valence-corrected chi connectivity index (χ2v) is 22.7. The highest BCUT2D eigenvalue weighted by Gasteiger charge is 2.37. The first-order valence-corrected chi connectivity index (χ1v) is 28.7. The van der Waals surface area contributed by atoms with Gasteiger partial charge in [-0.15, -0.1) is 0 Å². The van der Waals surface area contributed by atoms with Gasteiger partial charge in [-0.3, -0.25) is 0 Å². The SMILES string of the molecule is Cc1c(C)c(-c2c3c(F)c(F)c(F)c(F)c3nc3c(F)c(F)c(F)c(F)c23)c(C)c(N2c3ccccc3Oc3ccccc32)c1C.Cc1c(C)c(Br)c(C)c(-c2c3c(F)c(F)c(F)c(F)c3nc3c(F)c(F)c(F)c(F)c23)c1C.c1ccc2c(c1)Nc1ccccc1O2. The van der Waals surface area contributed by atoms with Gasteiger partial charge in [0.25, 0.3) is 0 Å². The summed E-state index contributed by atoms with van der Waals surface area (Å²) in [5, 5.41) is -0.905. The summed E-state index contributed by atoms with van der Waals surface area (Å²) in [7, 11) is 0. The molecule has 472 valence electrons. The minimum absolute atomic E-state index is 0.0315. The second kappa shape index (κ2) is 23.3. The van der Waals surface area contributed by atoms with E-state index in [1.807, 2.05) is 53.4 Å². The van der Waals surface area contributed by atoms with E-state index in [9.17, 15) is 43.9 Å². The largest absolute Gasteiger partial charge is 0.453 e. The zero-order valence-corrected chi connectivity index (χ0v) is 50.9. The Labute approximate surface area is 525 Å². The quantitative estimate of drug-likeness (QED) is 0.0823. The molecule has 0 fully saturated rings. The first-order chi connectivity index (χ1) is 44.1. The van der Waals surface area contributed by atoms with Crippen molar-refractivity contribution in [3.05, 3.63) is 239 Å².